The van der Waals surface area contributed by atoms with E-state index in [9.17, 15) is 10.1 Å². The highest BCUT2D eigenvalue weighted by Gasteiger charge is 2.36. The molecule has 1 unspecified atom stereocenters. The lowest BCUT2D eigenvalue weighted by Crippen LogP contribution is -2.58. The molecule has 0 aromatic heterocycles. The third-order valence-electron chi connectivity index (χ3n) is 5.96. The van der Waals surface area contributed by atoms with Crippen molar-refractivity contribution >= 4 is 11.6 Å². The van der Waals surface area contributed by atoms with Crippen molar-refractivity contribution in [1.29, 1.82) is 5.26 Å². The Morgan fingerprint density at radius 2 is 1.78 bits per heavy atom. The van der Waals surface area contributed by atoms with Gasteiger partial charge in [-0.25, -0.2) is 0 Å². The molecule has 27 heavy (non-hydrogen) atoms. The maximum absolute atomic E-state index is 12.8. The number of nitriles is 1. The highest BCUT2D eigenvalue weighted by Crippen LogP contribution is 2.28. The number of hydrogen-bond donors (Lipinski definition) is 1. The van der Waals surface area contributed by atoms with E-state index >= 15 is 0 Å². The molecule has 1 atom stereocenters. The zero-order chi connectivity index (χ0) is 19.3. The minimum atomic E-state index is -0.658. The molecule has 3 rings (SSSR count). The Kier molecular flexibility index (Phi) is 6.22. The minimum Gasteiger partial charge on any atom is -0.497 e. The van der Waals surface area contributed by atoms with Crippen molar-refractivity contribution in [2.45, 2.75) is 50.6 Å². The van der Waals surface area contributed by atoms with E-state index in [0.717, 1.165) is 64.0 Å². The minimum absolute atomic E-state index is 0.0173. The van der Waals surface area contributed by atoms with Crippen LogP contribution in [-0.2, 0) is 4.79 Å². The van der Waals surface area contributed by atoms with E-state index in [0.29, 0.717) is 0 Å². The first-order chi connectivity index (χ1) is 13.1. The molecule has 1 saturated heterocycles. The molecular weight excluding hydrogens is 340 g/mol. The number of amides is 1. The summed E-state index contributed by atoms with van der Waals surface area (Å²) < 4.78 is 5.22. The van der Waals surface area contributed by atoms with Crippen molar-refractivity contribution < 1.29 is 9.53 Å². The largest absolute Gasteiger partial charge is 0.497 e. The molecule has 1 N–H and O–H groups in total. The average Bonchev–Trinajstić information content (AvgIpc) is 2.74. The number of methoxy groups -OCH3 is 1. The Balaban J connectivity index is 1.53. The van der Waals surface area contributed by atoms with Gasteiger partial charge in [-0.2, -0.15) is 5.26 Å². The van der Waals surface area contributed by atoms with Gasteiger partial charge in [0.2, 0.25) is 5.91 Å². The molecule has 2 fully saturated rings. The van der Waals surface area contributed by atoms with Crippen LogP contribution in [0.3, 0.4) is 0 Å². The van der Waals surface area contributed by atoms with Gasteiger partial charge >= 0.3 is 0 Å². The van der Waals surface area contributed by atoms with Gasteiger partial charge in [-0.3, -0.25) is 9.69 Å². The second kappa shape index (κ2) is 8.62. The monoisotopic (exact) mass is 370 g/mol. The van der Waals surface area contributed by atoms with Crippen molar-refractivity contribution in [2.24, 2.45) is 0 Å². The summed E-state index contributed by atoms with van der Waals surface area (Å²) in [4.78, 5) is 17.3. The summed E-state index contributed by atoms with van der Waals surface area (Å²) in [5.41, 5.74) is 0.521. The van der Waals surface area contributed by atoms with Crippen LogP contribution in [-0.4, -0.2) is 55.7 Å². The van der Waals surface area contributed by atoms with Gasteiger partial charge in [0.15, 0.2) is 0 Å². The first-order valence-electron chi connectivity index (χ1n) is 9.93. The number of piperazine rings is 1. The molecule has 1 aromatic carbocycles. The zero-order valence-corrected chi connectivity index (χ0v) is 16.4. The molecule has 1 aliphatic carbocycles. The second-order valence-corrected chi connectivity index (χ2v) is 7.64. The number of anilines is 1. The van der Waals surface area contributed by atoms with E-state index in [1.165, 1.54) is 5.69 Å². The number of ether oxygens (including phenoxy) is 1. The molecule has 146 valence electrons. The number of carbonyl (C=O) groups excluding carboxylic acids is 1. The molecule has 6 nitrogen and oxygen atoms in total. The fourth-order valence-electron chi connectivity index (χ4n) is 4.09. The van der Waals surface area contributed by atoms with Crippen LogP contribution in [0.5, 0.6) is 5.75 Å². The summed E-state index contributed by atoms with van der Waals surface area (Å²) in [5.74, 6) is 0.841. The number of benzene rings is 1. The zero-order valence-electron chi connectivity index (χ0n) is 16.4. The topological polar surface area (TPSA) is 68.6 Å². The van der Waals surface area contributed by atoms with Gasteiger partial charge in [-0.15, -0.1) is 0 Å². The lowest BCUT2D eigenvalue weighted by molar-refractivity contribution is -0.127. The van der Waals surface area contributed by atoms with E-state index < -0.39 is 5.54 Å². The van der Waals surface area contributed by atoms with E-state index in [-0.39, 0.29) is 11.9 Å². The molecule has 1 heterocycles. The third-order valence-corrected chi connectivity index (χ3v) is 5.96. The Labute approximate surface area is 162 Å². The van der Waals surface area contributed by atoms with Crippen LogP contribution in [0.25, 0.3) is 0 Å². The number of hydrogen-bond acceptors (Lipinski definition) is 5. The van der Waals surface area contributed by atoms with Crippen LogP contribution in [0.15, 0.2) is 24.3 Å². The normalized spacial score (nSPS) is 21.1. The maximum Gasteiger partial charge on any atom is 0.238 e. The third kappa shape index (κ3) is 4.54. The smallest absolute Gasteiger partial charge is 0.238 e. The Morgan fingerprint density at radius 3 is 2.33 bits per heavy atom. The second-order valence-electron chi connectivity index (χ2n) is 7.64. The summed E-state index contributed by atoms with van der Waals surface area (Å²) in [7, 11) is 1.67. The molecular formula is C21H30N4O2. The number of nitrogens with one attached hydrogen (secondary N) is 1. The van der Waals surface area contributed by atoms with Crippen LogP contribution >= 0.6 is 0 Å². The molecule has 1 aromatic rings. The van der Waals surface area contributed by atoms with E-state index in [1.54, 1.807) is 7.11 Å². The molecule has 1 aliphatic heterocycles. The Morgan fingerprint density at radius 1 is 1.15 bits per heavy atom. The van der Waals surface area contributed by atoms with Crippen molar-refractivity contribution in [3.63, 3.8) is 0 Å². The molecule has 0 spiro atoms. The summed E-state index contributed by atoms with van der Waals surface area (Å²) >= 11 is 0. The lowest BCUT2D eigenvalue weighted by atomic mass is 9.82. The molecule has 0 bridgehead atoms. The molecule has 6 heteroatoms. The van der Waals surface area contributed by atoms with Gasteiger partial charge in [-0.1, -0.05) is 19.3 Å². The lowest BCUT2D eigenvalue weighted by Gasteiger charge is -2.40. The van der Waals surface area contributed by atoms with E-state index in [4.69, 9.17) is 4.74 Å². The summed E-state index contributed by atoms with van der Waals surface area (Å²) in [6, 6.07) is 10.3. The molecule has 2 aliphatic rings. The van der Waals surface area contributed by atoms with Gasteiger partial charge < -0.3 is 15.0 Å². The predicted molar refractivity (Wildman–Crippen MR) is 106 cm³/mol. The van der Waals surface area contributed by atoms with Crippen LogP contribution in [0.1, 0.15) is 39.0 Å². The fraction of sp³-hybridized carbons (Fsp3) is 0.619. The number of rotatable bonds is 5. The highest BCUT2D eigenvalue weighted by molar-refractivity contribution is 5.82. The fourth-order valence-corrected chi connectivity index (χ4v) is 4.09. The van der Waals surface area contributed by atoms with Crippen molar-refractivity contribution in [3.05, 3.63) is 24.3 Å². The molecule has 1 saturated carbocycles. The van der Waals surface area contributed by atoms with Gasteiger partial charge in [-0.05, 0) is 44.0 Å². The summed E-state index contributed by atoms with van der Waals surface area (Å²) in [6.07, 6.45) is 4.73. The SMILES string of the molecule is COc1ccc(N2CCN(C(C)C(=O)NC3(C#N)CCCCC3)CC2)cc1. The Hall–Kier alpha value is -2.26. The van der Waals surface area contributed by atoms with E-state index in [2.05, 4.69) is 33.3 Å². The first-order valence-corrected chi connectivity index (χ1v) is 9.93. The van der Waals surface area contributed by atoms with Crippen molar-refractivity contribution in [3.8, 4) is 11.8 Å². The average molecular weight is 370 g/mol. The standard InChI is InChI=1S/C21H30N4O2/c1-17(20(26)23-21(16-22)10-4-3-5-11-21)24-12-14-25(15-13-24)18-6-8-19(27-2)9-7-18/h6-9,17H,3-5,10-15H2,1-2H3,(H,23,26). The maximum atomic E-state index is 12.8. The molecule has 0 radical (unpaired) electrons. The van der Waals surface area contributed by atoms with Crippen molar-refractivity contribution in [1.82, 2.24) is 10.2 Å². The van der Waals surface area contributed by atoms with Crippen LogP contribution < -0.4 is 15.0 Å². The van der Waals surface area contributed by atoms with Gasteiger partial charge in [0.05, 0.1) is 19.2 Å². The van der Waals surface area contributed by atoms with Crippen LogP contribution in [0.2, 0.25) is 0 Å². The van der Waals surface area contributed by atoms with Crippen LogP contribution in [0, 0.1) is 11.3 Å². The predicted octanol–water partition coefficient (Wildman–Crippen LogP) is 2.55. The highest BCUT2D eigenvalue weighted by atomic mass is 16.5. The first kappa shape index (κ1) is 19.5. The summed E-state index contributed by atoms with van der Waals surface area (Å²) in [5, 5.41) is 12.7. The summed E-state index contributed by atoms with van der Waals surface area (Å²) in [6.45, 7) is 5.38. The molecule has 1 amide bonds. The van der Waals surface area contributed by atoms with Crippen molar-refractivity contribution in [2.75, 3.05) is 38.2 Å². The van der Waals surface area contributed by atoms with Crippen LogP contribution in [0.4, 0.5) is 5.69 Å². The van der Waals surface area contributed by atoms with E-state index in [1.807, 2.05) is 19.1 Å². The van der Waals surface area contributed by atoms with Gasteiger partial charge in [0, 0.05) is 31.9 Å². The van der Waals surface area contributed by atoms with Gasteiger partial charge in [0.1, 0.15) is 11.3 Å². The quantitative estimate of drug-likeness (QED) is 0.863. The number of carbonyl (C=O) groups is 1. The van der Waals surface area contributed by atoms with Gasteiger partial charge in [0.25, 0.3) is 0 Å². The number of nitrogens with zero attached hydrogens (tertiary/aromatic N) is 3. The Bertz CT molecular complexity index is 668.